The summed E-state index contributed by atoms with van der Waals surface area (Å²) in [4.78, 5) is 23.5. The molecule has 0 aliphatic carbocycles. The SMILES string of the molecule is NN(C(=O)C1=NN=CCC1=O)c1cccc(C(F)(F)F)c1. The second-order valence-corrected chi connectivity index (χ2v) is 4.10. The highest BCUT2D eigenvalue weighted by Gasteiger charge is 2.32. The van der Waals surface area contributed by atoms with Crippen molar-refractivity contribution in [2.45, 2.75) is 12.6 Å². The number of benzene rings is 1. The van der Waals surface area contributed by atoms with Gasteiger partial charge in [0.15, 0.2) is 11.5 Å². The molecule has 21 heavy (non-hydrogen) atoms. The van der Waals surface area contributed by atoms with Gasteiger partial charge in [-0.05, 0) is 18.2 Å². The molecule has 1 aliphatic rings. The van der Waals surface area contributed by atoms with E-state index in [0.717, 1.165) is 12.1 Å². The summed E-state index contributed by atoms with van der Waals surface area (Å²) in [5.41, 5.74) is -1.68. The molecule has 2 rings (SSSR count). The standard InChI is InChI=1S/C12H9F3N4O2/c13-12(14,15)7-2-1-3-8(6-7)19(16)11(21)10-9(20)4-5-17-18-10/h1-3,5-6H,4,16H2. The van der Waals surface area contributed by atoms with Gasteiger partial charge < -0.3 is 0 Å². The third-order valence-corrected chi connectivity index (χ3v) is 2.65. The summed E-state index contributed by atoms with van der Waals surface area (Å²) >= 11 is 0. The second-order valence-electron chi connectivity index (χ2n) is 4.10. The summed E-state index contributed by atoms with van der Waals surface area (Å²) in [7, 11) is 0. The summed E-state index contributed by atoms with van der Waals surface area (Å²) in [6.45, 7) is 0. The van der Waals surface area contributed by atoms with Gasteiger partial charge in [-0.1, -0.05) is 6.07 Å². The predicted molar refractivity (Wildman–Crippen MR) is 68.7 cm³/mol. The van der Waals surface area contributed by atoms with Crippen LogP contribution in [0.2, 0.25) is 0 Å². The van der Waals surface area contributed by atoms with Crippen molar-refractivity contribution in [3.8, 4) is 0 Å². The molecule has 110 valence electrons. The Kier molecular flexibility index (Phi) is 3.85. The van der Waals surface area contributed by atoms with Gasteiger partial charge >= 0.3 is 6.18 Å². The Morgan fingerprint density at radius 3 is 2.67 bits per heavy atom. The van der Waals surface area contributed by atoms with E-state index in [0.29, 0.717) is 11.1 Å². The fraction of sp³-hybridized carbons (Fsp3) is 0.167. The van der Waals surface area contributed by atoms with Gasteiger partial charge in [-0.3, -0.25) is 9.59 Å². The minimum Gasteiger partial charge on any atom is -0.292 e. The molecule has 0 aromatic heterocycles. The van der Waals surface area contributed by atoms with E-state index < -0.39 is 29.1 Å². The molecule has 0 unspecified atom stereocenters. The molecule has 0 saturated carbocycles. The molecule has 0 atom stereocenters. The number of hydrogen-bond donors (Lipinski definition) is 1. The van der Waals surface area contributed by atoms with Crippen LogP contribution in [0.5, 0.6) is 0 Å². The van der Waals surface area contributed by atoms with E-state index in [9.17, 15) is 22.8 Å². The second kappa shape index (κ2) is 5.44. The fourth-order valence-corrected chi connectivity index (χ4v) is 1.60. The Labute approximate surface area is 116 Å². The maximum Gasteiger partial charge on any atom is 0.416 e. The molecular formula is C12H9F3N4O2. The molecule has 0 radical (unpaired) electrons. The lowest BCUT2D eigenvalue weighted by atomic mass is 10.1. The van der Waals surface area contributed by atoms with Crippen LogP contribution in [0.4, 0.5) is 18.9 Å². The Morgan fingerprint density at radius 1 is 1.33 bits per heavy atom. The molecule has 1 aromatic rings. The molecule has 2 N–H and O–H groups in total. The smallest absolute Gasteiger partial charge is 0.292 e. The Morgan fingerprint density at radius 2 is 2.05 bits per heavy atom. The average molecular weight is 298 g/mol. The quantitative estimate of drug-likeness (QED) is 0.507. The van der Waals surface area contributed by atoms with Crippen molar-refractivity contribution in [3.05, 3.63) is 29.8 Å². The molecule has 0 spiro atoms. The van der Waals surface area contributed by atoms with E-state index in [1.54, 1.807) is 0 Å². The fourth-order valence-electron chi connectivity index (χ4n) is 1.60. The van der Waals surface area contributed by atoms with E-state index in [-0.39, 0.29) is 12.1 Å². The number of carbonyl (C=O) groups is 2. The zero-order valence-electron chi connectivity index (χ0n) is 10.5. The molecule has 6 nitrogen and oxygen atoms in total. The Bertz CT molecular complexity index is 652. The number of halogens is 3. The van der Waals surface area contributed by atoms with Crippen LogP contribution < -0.4 is 10.9 Å². The maximum atomic E-state index is 12.6. The van der Waals surface area contributed by atoms with Gasteiger partial charge in [0.2, 0.25) is 0 Å². The van der Waals surface area contributed by atoms with E-state index in [1.165, 1.54) is 12.3 Å². The van der Waals surface area contributed by atoms with Gasteiger partial charge in [-0.2, -0.15) is 18.3 Å². The summed E-state index contributed by atoms with van der Waals surface area (Å²) < 4.78 is 37.8. The first-order valence-corrected chi connectivity index (χ1v) is 5.70. The van der Waals surface area contributed by atoms with Crippen LogP contribution in [0.15, 0.2) is 34.5 Å². The minimum atomic E-state index is -4.57. The topological polar surface area (TPSA) is 88.1 Å². The zero-order valence-corrected chi connectivity index (χ0v) is 10.5. The van der Waals surface area contributed by atoms with Crippen molar-refractivity contribution >= 4 is 29.3 Å². The first kappa shape index (κ1) is 14.9. The van der Waals surface area contributed by atoms with Crippen molar-refractivity contribution in [2.75, 3.05) is 5.01 Å². The van der Waals surface area contributed by atoms with Crippen LogP contribution in [0.3, 0.4) is 0 Å². The predicted octanol–water partition coefficient (Wildman–Crippen LogP) is 1.31. The zero-order chi connectivity index (χ0) is 15.6. The lowest BCUT2D eigenvalue weighted by Crippen LogP contribution is -2.45. The number of amides is 1. The maximum absolute atomic E-state index is 12.6. The highest BCUT2D eigenvalue weighted by atomic mass is 19.4. The van der Waals surface area contributed by atoms with Crippen LogP contribution in [-0.2, 0) is 15.8 Å². The molecule has 0 bridgehead atoms. The van der Waals surface area contributed by atoms with Gasteiger partial charge in [-0.25, -0.2) is 10.9 Å². The van der Waals surface area contributed by atoms with E-state index in [1.807, 2.05) is 0 Å². The number of nitrogens with two attached hydrogens (primary N) is 1. The number of Topliss-reactive ketones (excluding diaryl/α,β-unsaturated/α-hetero) is 1. The molecule has 0 fully saturated rings. The minimum absolute atomic E-state index is 0.110. The van der Waals surface area contributed by atoms with Gasteiger partial charge in [-0.15, -0.1) is 5.10 Å². The number of nitrogens with zero attached hydrogens (tertiary/aromatic N) is 3. The van der Waals surface area contributed by atoms with Crippen molar-refractivity contribution in [2.24, 2.45) is 16.0 Å². The van der Waals surface area contributed by atoms with Gasteiger partial charge in [0.1, 0.15) is 0 Å². The van der Waals surface area contributed by atoms with Crippen molar-refractivity contribution < 1.29 is 22.8 Å². The highest BCUT2D eigenvalue weighted by molar-refractivity contribution is 6.68. The van der Waals surface area contributed by atoms with Gasteiger partial charge in [0, 0.05) is 6.21 Å². The average Bonchev–Trinajstić information content (AvgIpc) is 2.45. The number of carbonyl (C=O) groups excluding carboxylic acids is 2. The number of ketones is 1. The summed E-state index contributed by atoms with van der Waals surface area (Å²) in [6, 6.07) is 3.86. The summed E-state index contributed by atoms with van der Waals surface area (Å²) in [5, 5.41) is 7.23. The van der Waals surface area contributed by atoms with Gasteiger partial charge in [0.25, 0.3) is 5.91 Å². The first-order valence-electron chi connectivity index (χ1n) is 5.70. The lowest BCUT2D eigenvalue weighted by molar-refractivity contribution is -0.137. The van der Waals surface area contributed by atoms with E-state index in [4.69, 9.17) is 5.84 Å². The van der Waals surface area contributed by atoms with Crippen LogP contribution in [0.1, 0.15) is 12.0 Å². The molecule has 1 amide bonds. The third-order valence-electron chi connectivity index (χ3n) is 2.65. The number of hydrazine groups is 1. The molecule has 0 saturated heterocycles. The molecular weight excluding hydrogens is 289 g/mol. The van der Waals surface area contributed by atoms with E-state index in [2.05, 4.69) is 10.2 Å². The van der Waals surface area contributed by atoms with Crippen LogP contribution in [0, 0.1) is 0 Å². The highest BCUT2D eigenvalue weighted by Crippen LogP contribution is 2.31. The Hall–Kier alpha value is -2.55. The summed E-state index contributed by atoms with van der Waals surface area (Å²) in [6.07, 6.45) is -3.46. The monoisotopic (exact) mass is 298 g/mol. The molecule has 1 heterocycles. The van der Waals surface area contributed by atoms with Crippen molar-refractivity contribution in [1.29, 1.82) is 0 Å². The molecule has 1 aromatic carbocycles. The number of anilines is 1. The normalized spacial score (nSPS) is 14.9. The van der Waals surface area contributed by atoms with E-state index >= 15 is 0 Å². The first-order chi connectivity index (χ1) is 9.80. The van der Waals surface area contributed by atoms with Gasteiger partial charge in [0.05, 0.1) is 17.7 Å². The van der Waals surface area contributed by atoms with Crippen molar-refractivity contribution in [1.82, 2.24) is 0 Å². The molecule has 9 heteroatoms. The molecule has 1 aliphatic heterocycles. The lowest BCUT2D eigenvalue weighted by Gasteiger charge is -2.18. The van der Waals surface area contributed by atoms with Crippen LogP contribution >= 0.6 is 0 Å². The number of rotatable bonds is 2. The van der Waals surface area contributed by atoms with Crippen LogP contribution in [-0.4, -0.2) is 23.6 Å². The van der Waals surface area contributed by atoms with Crippen molar-refractivity contribution in [3.63, 3.8) is 0 Å². The Balaban J connectivity index is 2.30. The third kappa shape index (κ3) is 3.14. The summed E-state index contributed by atoms with van der Waals surface area (Å²) in [5.74, 6) is 3.86. The number of hydrogen-bond acceptors (Lipinski definition) is 5. The van der Waals surface area contributed by atoms with Crippen LogP contribution in [0.25, 0.3) is 0 Å². The largest absolute Gasteiger partial charge is 0.416 e. The number of alkyl halides is 3.